The molecule has 1 fully saturated rings. The van der Waals surface area contributed by atoms with Crippen molar-refractivity contribution in [1.82, 2.24) is 24.8 Å². The van der Waals surface area contributed by atoms with Crippen LogP contribution >= 0.6 is 0 Å². The van der Waals surface area contributed by atoms with Crippen molar-refractivity contribution in [3.8, 4) is 0 Å². The Morgan fingerprint density at radius 3 is 2.84 bits per heavy atom. The van der Waals surface area contributed by atoms with Crippen molar-refractivity contribution in [1.29, 1.82) is 0 Å². The van der Waals surface area contributed by atoms with E-state index in [1.807, 2.05) is 12.3 Å². The number of nitrogens with one attached hydrogen (secondary N) is 1. The quantitative estimate of drug-likeness (QED) is 0.878. The van der Waals surface area contributed by atoms with Gasteiger partial charge in [-0.2, -0.15) is 0 Å². The molecule has 1 N–H and O–H groups in total. The predicted octanol–water partition coefficient (Wildman–Crippen LogP) is 0.953. The van der Waals surface area contributed by atoms with Gasteiger partial charge in [-0.25, -0.2) is 9.97 Å². The Hall–Kier alpha value is -2.08. The van der Waals surface area contributed by atoms with Gasteiger partial charge in [-0.1, -0.05) is 0 Å². The predicted molar refractivity (Wildman–Crippen MR) is 71.4 cm³/mol. The van der Waals surface area contributed by atoms with Crippen molar-refractivity contribution in [3.63, 3.8) is 0 Å². The average molecular weight is 256 g/mol. The third-order valence-electron chi connectivity index (χ3n) is 3.17. The zero-order valence-corrected chi connectivity index (χ0v) is 10.6. The summed E-state index contributed by atoms with van der Waals surface area (Å²) in [4.78, 5) is 19.1. The zero-order chi connectivity index (χ0) is 12.9. The average Bonchev–Trinajstić information content (AvgIpc) is 2.88. The Balaban J connectivity index is 1.53. The highest BCUT2D eigenvalue weighted by atomic mass is 15.2. The molecule has 6 nitrogen and oxygen atoms in total. The van der Waals surface area contributed by atoms with Gasteiger partial charge in [0.2, 0.25) is 5.95 Å². The summed E-state index contributed by atoms with van der Waals surface area (Å²) in [5.41, 5.74) is 1.01. The first-order valence-corrected chi connectivity index (χ1v) is 6.41. The van der Waals surface area contributed by atoms with E-state index in [9.17, 15) is 0 Å². The first-order chi connectivity index (χ1) is 9.40. The summed E-state index contributed by atoms with van der Waals surface area (Å²) in [6.45, 7) is 2.89. The smallest absolute Gasteiger partial charge is 0.222 e. The molecule has 1 unspecified atom stereocenters. The third-order valence-corrected chi connectivity index (χ3v) is 3.17. The Bertz CT molecular complexity index is 456. The van der Waals surface area contributed by atoms with Gasteiger partial charge >= 0.3 is 0 Å². The molecular weight excluding hydrogens is 240 g/mol. The molecule has 6 heteroatoms. The van der Waals surface area contributed by atoms with Crippen LogP contribution in [0.4, 0.5) is 5.95 Å². The Morgan fingerprint density at radius 2 is 2.05 bits per heavy atom. The van der Waals surface area contributed by atoms with Crippen molar-refractivity contribution in [2.24, 2.45) is 0 Å². The number of nitrogens with zero attached hydrogens (tertiary/aromatic N) is 5. The van der Waals surface area contributed by atoms with Gasteiger partial charge in [0.25, 0.3) is 0 Å². The van der Waals surface area contributed by atoms with Gasteiger partial charge in [0.15, 0.2) is 0 Å². The molecule has 19 heavy (non-hydrogen) atoms. The highest BCUT2D eigenvalue weighted by Crippen LogP contribution is 2.14. The highest BCUT2D eigenvalue weighted by Gasteiger charge is 2.23. The van der Waals surface area contributed by atoms with Gasteiger partial charge in [0.1, 0.15) is 0 Å². The summed E-state index contributed by atoms with van der Waals surface area (Å²) >= 11 is 0. The van der Waals surface area contributed by atoms with Crippen LogP contribution in [0.1, 0.15) is 12.1 Å². The molecule has 0 radical (unpaired) electrons. The first kappa shape index (κ1) is 12.0. The number of anilines is 1. The number of hydrogen-bond donors (Lipinski definition) is 1. The van der Waals surface area contributed by atoms with E-state index < -0.39 is 0 Å². The van der Waals surface area contributed by atoms with Crippen LogP contribution in [0.3, 0.4) is 0 Å². The van der Waals surface area contributed by atoms with Gasteiger partial charge in [0, 0.05) is 56.7 Å². The lowest BCUT2D eigenvalue weighted by Crippen LogP contribution is -2.26. The van der Waals surface area contributed by atoms with E-state index in [2.05, 4.69) is 30.2 Å². The number of rotatable bonds is 4. The SMILES string of the molecule is c1cnc(NC2CCN(Cc3cnccn3)C2)nc1. The first-order valence-electron chi connectivity index (χ1n) is 6.41. The zero-order valence-electron chi connectivity index (χ0n) is 10.6. The van der Waals surface area contributed by atoms with Gasteiger partial charge in [-0.05, 0) is 12.5 Å². The maximum Gasteiger partial charge on any atom is 0.222 e. The minimum atomic E-state index is 0.402. The second-order valence-corrected chi connectivity index (χ2v) is 4.63. The number of likely N-dealkylation sites (tertiary alicyclic amines) is 1. The molecule has 1 aliphatic heterocycles. The molecule has 98 valence electrons. The Morgan fingerprint density at radius 1 is 1.16 bits per heavy atom. The standard InChI is InChI=1S/C13H16N6/c1-3-16-13(17-4-1)18-11-2-7-19(9-11)10-12-8-14-5-6-15-12/h1,3-6,8,11H,2,7,9-10H2,(H,16,17,18). The molecule has 3 rings (SSSR count). The van der Waals surface area contributed by atoms with Crippen molar-refractivity contribution < 1.29 is 0 Å². The van der Waals surface area contributed by atoms with Crippen LogP contribution in [0.5, 0.6) is 0 Å². The summed E-state index contributed by atoms with van der Waals surface area (Å²) in [6, 6.07) is 2.22. The maximum absolute atomic E-state index is 4.30. The summed E-state index contributed by atoms with van der Waals surface area (Å²) in [5, 5.41) is 3.36. The molecule has 2 aromatic rings. The van der Waals surface area contributed by atoms with Crippen molar-refractivity contribution >= 4 is 5.95 Å². The lowest BCUT2D eigenvalue weighted by Gasteiger charge is -2.15. The van der Waals surface area contributed by atoms with Gasteiger partial charge in [0.05, 0.1) is 5.69 Å². The van der Waals surface area contributed by atoms with Crippen molar-refractivity contribution in [3.05, 3.63) is 42.7 Å². The number of hydrogen-bond acceptors (Lipinski definition) is 6. The molecule has 1 saturated heterocycles. The van der Waals surface area contributed by atoms with Crippen LogP contribution in [0, 0.1) is 0 Å². The monoisotopic (exact) mass is 256 g/mol. The highest BCUT2D eigenvalue weighted by molar-refractivity contribution is 5.25. The van der Waals surface area contributed by atoms with E-state index in [4.69, 9.17) is 0 Å². The van der Waals surface area contributed by atoms with E-state index in [1.54, 1.807) is 24.8 Å². The van der Waals surface area contributed by atoms with Gasteiger partial charge in [-0.15, -0.1) is 0 Å². The van der Waals surface area contributed by atoms with E-state index >= 15 is 0 Å². The van der Waals surface area contributed by atoms with Crippen molar-refractivity contribution in [2.75, 3.05) is 18.4 Å². The summed E-state index contributed by atoms with van der Waals surface area (Å²) in [6.07, 6.45) is 9.85. The van der Waals surface area contributed by atoms with Crippen LogP contribution in [-0.4, -0.2) is 44.0 Å². The molecule has 1 aliphatic rings. The fourth-order valence-corrected chi connectivity index (χ4v) is 2.29. The van der Waals surface area contributed by atoms with Crippen LogP contribution < -0.4 is 5.32 Å². The molecule has 3 heterocycles. The lowest BCUT2D eigenvalue weighted by molar-refractivity contribution is 0.324. The minimum absolute atomic E-state index is 0.402. The van der Waals surface area contributed by atoms with Gasteiger partial charge < -0.3 is 5.32 Å². The summed E-state index contributed by atoms with van der Waals surface area (Å²) < 4.78 is 0. The second kappa shape index (κ2) is 5.71. The van der Waals surface area contributed by atoms with E-state index in [1.165, 1.54) is 0 Å². The van der Waals surface area contributed by atoms with Crippen LogP contribution in [0.15, 0.2) is 37.1 Å². The molecule has 1 atom stereocenters. The molecule has 0 saturated carbocycles. The van der Waals surface area contributed by atoms with Crippen LogP contribution in [0.25, 0.3) is 0 Å². The Labute approximate surface area is 111 Å². The largest absolute Gasteiger partial charge is 0.350 e. The molecule has 2 aromatic heterocycles. The molecule has 0 aliphatic carbocycles. The fraction of sp³-hybridized carbons (Fsp3) is 0.385. The van der Waals surface area contributed by atoms with Crippen LogP contribution in [-0.2, 0) is 6.54 Å². The summed E-state index contributed by atoms with van der Waals surface area (Å²) in [7, 11) is 0. The lowest BCUT2D eigenvalue weighted by atomic mass is 10.3. The fourth-order valence-electron chi connectivity index (χ4n) is 2.29. The van der Waals surface area contributed by atoms with E-state index in [-0.39, 0.29) is 0 Å². The molecule has 0 aromatic carbocycles. The van der Waals surface area contributed by atoms with Gasteiger partial charge in [-0.3, -0.25) is 14.9 Å². The van der Waals surface area contributed by atoms with E-state index in [0.717, 1.165) is 31.7 Å². The molecule has 0 spiro atoms. The second-order valence-electron chi connectivity index (χ2n) is 4.63. The molecular formula is C13H16N6. The topological polar surface area (TPSA) is 66.8 Å². The third kappa shape index (κ3) is 3.23. The minimum Gasteiger partial charge on any atom is -0.350 e. The normalized spacial score (nSPS) is 19.5. The number of aromatic nitrogens is 4. The maximum atomic E-state index is 4.30. The Kier molecular flexibility index (Phi) is 3.60. The summed E-state index contributed by atoms with van der Waals surface area (Å²) in [5.74, 6) is 0.703. The molecule has 0 bridgehead atoms. The molecule has 0 amide bonds. The van der Waals surface area contributed by atoms with Crippen molar-refractivity contribution in [2.45, 2.75) is 19.0 Å². The van der Waals surface area contributed by atoms with Crippen LogP contribution in [0.2, 0.25) is 0 Å². The van der Waals surface area contributed by atoms with E-state index in [0.29, 0.717) is 12.0 Å².